The van der Waals surface area contributed by atoms with Crippen molar-refractivity contribution in [2.45, 2.75) is 48.6 Å². The maximum atomic E-state index is 13.2. The zero-order valence-electron chi connectivity index (χ0n) is 18.0. The first kappa shape index (κ1) is 21.8. The van der Waals surface area contributed by atoms with Crippen LogP contribution in [0.5, 0.6) is 0 Å². The number of hydrogen-bond donors (Lipinski definition) is 1. The molecule has 0 bridgehead atoms. The Balaban J connectivity index is 1.42. The van der Waals surface area contributed by atoms with Crippen LogP contribution in [0.15, 0.2) is 57.9 Å². The van der Waals surface area contributed by atoms with Gasteiger partial charge in [-0.05, 0) is 55.5 Å². The molecule has 1 N–H and O–H groups in total. The van der Waals surface area contributed by atoms with Crippen LogP contribution in [0, 0.1) is 12.8 Å². The van der Waals surface area contributed by atoms with E-state index in [2.05, 4.69) is 28.3 Å². The van der Waals surface area contributed by atoms with E-state index in [4.69, 9.17) is 0 Å². The average molecular weight is 453 g/mol. The lowest BCUT2D eigenvalue weighted by Crippen LogP contribution is -2.38. The van der Waals surface area contributed by atoms with Gasteiger partial charge in [0, 0.05) is 29.7 Å². The monoisotopic (exact) mass is 452 g/mol. The first-order valence-electron chi connectivity index (χ1n) is 10.8. The second-order valence-electron chi connectivity index (χ2n) is 7.93. The van der Waals surface area contributed by atoms with Crippen LogP contribution in [0.2, 0.25) is 0 Å². The average Bonchev–Trinajstić information content (AvgIpc) is 3.22. The molecule has 7 heteroatoms. The summed E-state index contributed by atoms with van der Waals surface area (Å²) in [5.74, 6) is 1.72. The normalized spacial score (nSPS) is 14.6. The highest BCUT2D eigenvalue weighted by molar-refractivity contribution is 8.01. The number of rotatable bonds is 7. The highest BCUT2D eigenvalue weighted by Crippen LogP contribution is 2.36. The summed E-state index contributed by atoms with van der Waals surface area (Å²) in [6.45, 7) is 6.01. The number of aryl methyl sites for hydroxylation is 1. The molecule has 1 amide bonds. The Labute approximate surface area is 192 Å². The minimum absolute atomic E-state index is 0.164. The summed E-state index contributed by atoms with van der Waals surface area (Å²) in [6.07, 6.45) is 8.37. The van der Waals surface area contributed by atoms with E-state index in [9.17, 15) is 4.79 Å². The van der Waals surface area contributed by atoms with Crippen molar-refractivity contribution in [2.24, 2.45) is 5.92 Å². The third-order valence-corrected chi connectivity index (χ3v) is 7.64. The van der Waals surface area contributed by atoms with Crippen molar-refractivity contribution in [3.05, 3.63) is 59.9 Å². The standard InChI is InChI=1S/C24H28N4OS2/c1-3-6-18-10-13-28(14-11-18)23(29)20-15-19(9-8-17(20)2)30-22-16-26-24(31-22)27-21-7-4-5-12-25-21/h4-5,7-9,12,15-16,18H,3,6,10-11,13-14H2,1-2H3,(H,25,26,27). The number of nitrogens with one attached hydrogen (secondary N) is 1. The van der Waals surface area contributed by atoms with Crippen LogP contribution >= 0.6 is 23.1 Å². The third kappa shape index (κ3) is 5.66. The van der Waals surface area contributed by atoms with Crippen LogP contribution in [-0.4, -0.2) is 33.9 Å². The maximum absolute atomic E-state index is 13.2. The number of benzene rings is 1. The Morgan fingerprint density at radius 2 is 2.06 bits per heavy atom. The molecule has 31 heavy (non-hydrogen) atoms. The Morgan fingerprint density at radius 1 is 1.23 bits per heavy atom. The molecule has 1 saturated heterocycles. The molecular formula is C24H28N4OS2. The number of likely N-dealkylation sites (tertiary alicyclic amines) is 1. The van der Waals surface area contributed by atoms with Crippen molar-refractivity contribution in [1.82, 2.24) is 14.9 Å². The number of nitrogens with zero attached hydrogens (tertiary/aromatic N) is 3. The Kier molecular flexibility index (Phi) is 7.25. The van der Waals surface area contributed by atoms with Gasteiger partial charge in [-0.1, -0.05) is 55.0 Å². The van der Waals surface area contributed by atoms with Crippen molar-refractivity contribution >= 4 is 40.0 Å². The molecule has 1 aliphatic heterocycles. The smallest absolute Gasteiger partial charge is 0.254 e. The number of amides is 1. The molecule has 0 atom stereocenters. The summed E-state index contributed by atoms with van der Waals surface area (Å²) in [5, 5.41) is 4.03. The minimum Gasteiger partial charge on any atom is -0.339 e. The molecule has 5 nitrogen and oxygen atoms in total. The molecule has 3 heterocycles. The topological polar surface area (TPSA) is 58.1 Å². The van der Waals surface area contributed by atoms with E-state index in [1.165, 1.54) is 12.8 Å². The number of aromatic nitrogens is 2. The predicted molar refractivity (Wildman–Crippen MR) is 128 cm³/mol. The molecule has 0 saturated carbocycles. The molecule has 1 aliphatic rings. The SMILES string of the molecule is CCCC1CCN(C(=O)c2cc(Sc3cnc(Nc4ccccn4)s3)ccc2C)CC1. The van der Waals surface area contributed by atoms with Gasteiger partial charge in [0.15, 0.2) is 5.13 Å². The second-order valence-corrected chi connectivity index (χ2v) is 10.3. The lowest BCUT2D eigenvalue weighted by atomic mass is 9.92. The number of carbonyl (C=O) groups excluding carboxylic acids is 1. The van der Waals surface area contributed by atoms with Gasteiger partial charge in [-0.2, -0.15) is 0 Å². The van der Waals surface area contributed by atoms with Gasteiger partial charge in [0.25, 0.3) is 5.91 Å². The highest BCUT2D eigenvalue weighted by Gasteiger charge is 2.24. The highest BCUT2D eigenvalue weighted by atomic mass is 32.2. The molecule has 0 unspecified atom stereocenters. The molecule has 1 fully saturated rings. The van der Waals surface area contributed by atoms with Gasteiger partial charge in [0.1, 0.15) is 5.82 Å². The summed E-state index contributed by atoms with van der Waals surface area (Å²) < 4.78 is 1.07. The molecule has 3 aromatic rings. The van der Waals surface area contributed by atoms with Crippen LogP contribution in [0.1, 0.15) is 48.5 Å². The number of thiazole rings is 1. The van der Waals surface area contributed by atoms with Gasteiger partial charge < -0.3 is 10.2 Å². The van der Waals surface area contributed by atoms with E-state index in [0.29, 0.717) is 0 Å². The number of hydrogen-bond acceptors (Lipinski definition) is 6. The number of carbonyl (C=O) groups is 1. The lowest BCUT2D eigenvalue weighted by Gasteiger charge is -2.32. The number of pyridine rings is 1. The van der Waals surface area contributed by atoms with Crippen molar-refractivity contribution in [3.63, 3.8) is 0 Å². The molecule has 0 aliphatic carbocycles. The van der Waals surface area contributed by atoms with Crippen molar-refractivity contribution < 1.29 is 4.79 Å². The van der Waals surface area contributed by atoms with Gasteiger partial charge in [-0.25, -0.2) is 9.97 Å². The van der Waals surface area contributed by atoms with Crippen molar-refractivity contribution in [2.75, 3.05) is 18.4 Å². The van der Waals surface area contributed by atoms with Crippen molar-refractivity contribution in [1.29, 1.82) is 0 Å². The zero-order valence-corrected chi connectivity index (χ0v) is 19.6. The summed E-state index contributed by atoms with van der Waals surface area (Å²) in [4.78, 5) is 25.0. The van der Waals surface area contributed by atoms with E-state index in [0.717, 1.165) is 63.0 Å². The molecule has 0 radical (unpaired) electrons. The second kappa shape index (κ2) is 10.3. The predicted octanol–water partition coefficient (Wildman–Crippen LogP) is 6.39. The fourth-order valence-corrected chi connectivity index (χ4v) is 5.82. The summed E-state index contributed by atoms with van der Waals surface area (Å²) in [7, 11) is 0. The van der Waals surface area contributed by atoms with Crippen molar-refractivity contribution in [3.8, 4) is 0 Å². The lowest BCUT2D eigenvalue weighted by molar-refractivity contribution is 0.0685. The van der Waals surface area contributed by atoms with Gasteiger partial charge in [-0.15, -0.1) is 0 Å². The molecule has 162 valence electrons. The van der Waals surface area contributed by atoms with Gasteiger partial charge in [0.2, 0.25) is 0 Å². The number of piperidine rings is 1. The Morgan fingerprint density at radius 3 is 2.81 bits per heavy atom. The fourth-order valence-electron chi connectivity index (χ4n) is 3.93. The largest absolute Gasteiger partial charge is 0.339 e. The Bertz CT molecular complexity index is 1010. The molecule has 4 rings (SSSR count). The minimum atomic E-state index is 0.164. The van der Waals surface area contributed by atoms with E-state index < -0.39 is 0 Å². The third-order valence-electron chi connectivity index (χ3n) is 5.64. The van der Waals surface area contributed by atoms with Crippen LogP contribution < -0.4 is 5.32 Å². The first-order chi connectivity index (χ1) is 15.1. The van der Waals surface area contributed by atoms with E-state index in [-0.39, 0.29) is 5.91 Å². The van der Waals surface area contributed by atoms with Crippen LogP contribution in [0.3, 0.4) is 0 Å². The maximum Gasteiger partial charge on any atom is 0.254 e. The first-order valence-corrected chi connectivity index (χ1v) is 12.5. The van der Waals surface area contributed by atoms with E-state index in [1.54, 1.807) is 29.3 Å². The van der Waals surface area contributed by atoms with Crippen LogP contribution in [0.25, 0.3) is 0 Å². The van der Waals surface area contributed by atoms with E-state index in [1.807, 2.05) is 48.4 Å². The van der Waals surface area contributed by atoms with Gasteiger partial charge in [0.05, 0.1) is 10.4 Å². The van der Waals surface area contributed by atoms with Gasteiger partial charge in [-0.3, -0.25) is 4.79 Å². The summed E-state index contributed by atoms with van der Waals surface area (Å²) >= 11 is 3.22. The quantitative estimate of drug-likeness (QED) is 0.450. The summed E-state index contributed by atoms with van der Waals surface area (Å²) in [6, 6.07) is 11.9. The molecular weight excluding hydrogens is 424 g/mol. The fraction of sp³-hybridized carbons (Fsp3) is 0.375. The zero-order chi connectivity index (χ0) is 21.6. The number of anilines is 2. The van der Waals surface area contributed by atoms with Crippen LogP contribution in [-0.2, 0) is 0 Å². The summed E-state index contributed by atoms with van der Waals surface area (Å²) in [5.41, 5.74) is 1.85. The van der Waals surface area contributed by atoms with Gasteiger partial charge >= 0.3 is 0 Å². The van der Waals surface area contributed by atoms with Crippen LogP contribution in [0.4, 0.5) is 10.9 Å². The molecule has 2 aromatic heterocycles. The molecule has 1 aromatic carbocycles. The Hall–Kier alpha value is -2.38. The molecule has 0 spiro atoms. The van der Waals surface area contributed by atoms with E-state index >= 15 is 0 Å².